The molecule has 1 aromatic rings. The van der Waals surface area contributed by atoms with Gasteiger partial charge < -0.3 is 15.5 Å². The second-order valence-electron chi connectivity index (χ2n) is 4.69. The Morgan fingerprint density at radius 1 is 1.42 bits per heavy atom. The van der Waals surface area contributed by atoms with Gasteiger partial charge in [0.05, 0.1) is 12.2 Å². The largest absolute Gasteiger partial charge is 0.397 e. The number of nitrogen functional groups attached to an aromatic ring is 1. The molecule has 0 bridgehead atoms. The lowest BCUT2D eigenvalue weighted by molar-refractivity contribution is -0.130. The number of carbonyl (C=O) groups is 2. The third-order valence-corrected chi connectivity index (χ3v) is 3.22. The van der Waals surface area contributed by atoms with Crippen LogP contribution in [-0.2, 0) is 4.79 Å². The van der Waals surface area contributed by atoms with Crippen LogP contribution in [0.15, 0.2) is 18.3 Å². The van der Waals surface area contributed by atoms with E-state index < -0.39 is 0 Å². The molecular formula is C13H18N4O2. The van der Waals surface area contributed by atoms with Crippen molar-refractivity contribution in [2.75, 3.05) is 32.4 Å². The van der Waals surface area contributed by atoms with E-state index in [0.717, 1.165) is 25.9 Å². The van der Waals surface area contributed by atoms with E-state index >= 15 is 0 Å². The second-order valence-corrected chi connectivity index (χ2v) is 4.69. The van der Waals surface area contributed by atoms with Crippen molar-refractivity contribution in [1.82, 2.24) is 14.8 Å². The van der Waals surface area contributed by atoms with Gasteiger partial charge in [-0.05, 0) is 25.0 Å². The van der Waals surface area contributed by atoms with E-state index in [1.54, 1.807) is 24.1 Å². The molecule has 19 heavy (non-hydrogen) atoms. The van der Waals surface area contributed by atoms with Gasteiger partial charge in [0.1, 0.15) is 0 Å². The van der Waals surface area contributed by atoms with Crippen LogP contribution in [0.25, 0.3) is 0 Å². The number of nitrogens with zero attached hydrogens (tertiary/aromatic N) is 3. The molecule has 0 saturated carbocycles. The Labute approximate surface area is 112 Å². The topological polar surface area (TPSA) is 79.5 Å². The first-order valence-electron chi connectivity index (χ1n) is 6.33. The Kier molecular flexibility index (Phi) is 3.99. The Hall–Kier alpha value is -2.11. The molecule has 1 aliphatic rings. The number of aromatic nitrogens is 1. The van der Waals surface area contributed by atoms with Crippen molar-refractivity contribution in [1.29, 1.82) is 0 Å². The highest BCUT2D eigenvalue weighted by atomic mass is 16.2. The van der Waals surface area contributed by atoms with Crippen LogP contribution < -0.4 is 5.73 Å². The van der Waals surface area contributed by atoms with Gasteiger partial charge in [-0.2, -0.15) is 0 Å². The molecule has 0 unspecified atom stereocenters. The summed E-state index contributed by atoms with van der Waals surface area (Å²) in [7, 11) is 1.59. The molecule has 0 radical (unpaired) electrons. The average molecular weight is 262 g/mol. The summed E-state index contributed by atoms with van der Waals surface area (Å²) in [6.45, 7) is 1.63. The van der Waals surface area contributed by atoms with Crippen LogP contribution >= 0.6 is 0 Å². The maximum atomic E-state index is 12.1. The van der Waals surface area contributed by atoms with E-state index in [2.05, 4.69) is 4.98 Å². The first-order valence-corrected chi connectivity index (χ1v) is 6.33. The van der Waals surface area contributed by atoms with Crippen LogP contribution in [0.1, 0.15) is 23.3 Å². The standard InChI is InChI=1S/C13H18N4O2/c1-16(9-11(18)17-7-2-3-8-17)13(19)12-10(14)5-4-6-15-12/h4-6H,2-3,7-9,14H2,1H3. The van der Waals surface area contributed by atoms with E-state index in [0.29, 0.717) is 5.69 Å². The van der Waals surface area contributed by atoms with Gasteiger partial charge in [0.2, 0.25) is 5.91 Å². The van der Waals surface area contributed by atoms with E-state index in [9.17, 15) is 9.59 Å². The average Bonchev–Trinajstić information content (AvgIpc) is 2.92. The Morgan fingerprint density at radius 2 is 2.11 bits per heavy atom. The number of likely N-dealkylation sites (tertiary alicyclic amines) is 1. The van der Waals surface area contributed by atoms with Crippen LogP contribution in [0.3, 0.4) is 0 Å². The number of amides is 2. The van der Waals surface area contributed by atoms with Crippen LogP contribution in [-0.4, -0.2) is 53.3 Å². The molecule has 1 aliphatic heterocycles. The molecule has 2 heterocycles. The van der Waals surface area contributed by atoms with E-state index in [4.69, 9.17) is 5.73 Å². The number of hydrogen-bond acceptors (Lipinski definition) is 4. The molecule has 2 rings (SSSR count). The van der Waals surface area contributed by atoms with E-state index in [-0.39, 0.29) is 24.1 Å². The number of carbonyl (C=O) groups excluding carboxylic acids is 2. The minimum atomic E-state index is -0.328. The summed E-state index contributed by atoms with van der Waals surface area (Å²) in [4.78, 5) is 31.2. The lowest BCUT2D eigenvalue weighted by Gasteiger charge is -2.21. The predicted octanol–water partition coefficient (Wildman–Crippen LogP) is 0.358. The number of pyridine rings is 1. The fourth-order valence-corrected chi connectivity index (χ4v) is 2.12. The molecule has 2 N–H and O–H groups in total. The summed E-state index contributed by atoms with van der Waals surface area (Å²) >= 11 is 0. The normalized spacial score (nSPS) is 14.5. The highest BCUT2D eigenvalue weighted by Crippen LogP contribution is 2.11. The molecule has 1 saturated heterocycles. The van der Waals surface area contributed by atoms with Crippen molar-refractivity contribution >= 4 is 17.5 Å². The SMILES string of the molecule is CN(CC(=O)N1CCCC1)C(=O)c1ncccc1N. The van der Waals surface area contributed by atoms with Crippen LogP contribution in [0.5, 0.6) is 0 Å². The van der Waals surface area contributed by atoms with Crippen molar-refractivity contribution in [3.8, 4) is 0 Å². The van der Waals surface area contributed by atoms with Crippen LogP contribution in [0, 0.1) is 0 Å². The molecule has 1 aromatic heterocycles. The van der Waals surface area contributed by atoms with Crippen LogP contribution in [0.2, 0.25) is 0 Å². The summed E-state index contributed by atoms with van der Waals surface area (Å²) < 4.78 is 0. The van der Waals surface area contributed by atoms with Crippen molar-refractivity contribution < 1.29 is 9.59 Å². The Bertz CT molecular complexity index is 483. The van der Waals surface area contributed by atoms with Gasteiger partial charge in [-0.15, -0.1) is 0 Å². The molecule has 6 nitrogen and oxygen atoms in total. The quantitative estimate of drug-likeness (QED) is 0.853. The zero-order valence-corrected chi connectivity index (χ0v) is 11.0. The number of hydrogen-bond donors (Lipinski definition) is 1. The van der Waals surface area contributed by atoms with Crippen molar-refractivity contribution in [3.63, 3.8) is 0 Å². The monoisotopic (exact) mass is 262 g/mol. The van der Waals surface area contributed by atoms with Gasteiger partial charge in [-0.25, -0.2) is 4.98 Å². The number of nitrogens with two attached hydrogens (primary N) is 1. The summed E-state index contributed by atoms with van der Waals surface area (Å²) in [6.07, 6.45) is 3.59. The molecule has 0 aromatic carbocycles. The minimum Gasteiger partial charge on any atom is -0.397 e. The minimum absolute atomic E-state index is 0.0251. The number of rotatable bonds is 3. The third-order valence-electron chi connectivity index (χ3n) is 3.22. The zero-order valence-electron chi connectivity index (χ0n) is 11.0. The van der Waals surface area contributed by atoms with Gasteiger partial charge >= 0.3 is 0 Å². The summed E-state index contributed by atoms with van der Waals surface area (Å²) in [6, 6.07) is 3.29. The molecule has 1 fully saturated rings. The number of anilines is 1. The third kappa shape index (κ3) is 3.01. The number of likely N-dealkylation sites (N-methyl/N-ethyl adjacent to an activating group) is 1. The lowest BCUT2D eigenvalue weighted by atomic mass is 10.2. The van der Waals surface area contributed by atoms with Crippen molar-refractivity contribution in [2.45, 2.75) is 12.8 Å². The van der Waals surface area contributed by atoms with E-state index in [1.807, 2.05) is 0 Å². The van der Waals surface area contributed by atoms with Gasteiger partial charge in [0.25, 0.3) is 5.91 Å². The molecule has 2 amide bonds. The first-order chi connectivity index (χ1) is 9.09. The summed E-state index contributed by atoms with van der Waals surface area (Å²) in [5.41, 5.74) is 6.23. The molecule has 6 heteroatoms. The Balaban J connectivity index is 1.99. The predicted molar refractivity (Wildman–Crippen MR) is 71.4 cm³/mol. The first kappa shape index (κ1) is 13.3. The molecule has 0 spiro atoms. The zero-order chi connectivity index (χ0) is 13.8. The molecule has 0 atom stereocenters. The highest BCUT2D eigenvalue weighted by Gasteiger charge is 2.23. The van der Waals surface area contributed by atoms with Gasteiger partial charge in [0.15, 0.2) is 5.69 Å². The maximum Gasteiger partial charge on any atom is 0.274 e. The van der Waals surface area contributed by atoms with Gasteiger partial charge in [-0.1, -0.05) is 0 Å². The summed E-state index contributed by atoms with van der Waals surface area (Å²) in [5, 5.41) is 0. The smallest absolute Gasteiger partial charge is 0.274 e. The van der Waals surface area contributed by atoms with Crippen molar-refractivity contribution in [2.24, 2.45) is 0 Å². The second kappa shape index (κ2) is 5.69. The highest BCUT2D eigenvalue weighted by molar-refractivity contribution is 5.98. The fraction of sp³-hybridized carbons (Fsp3) is 0.462. The van der Waals surface area contributed by atoms with Crippen molar-refractivity contribution in [3.05, 3.63) is 24.0 Å². The Morgan fingerprint density at radius 3 is 2.74 bits per heavy atom. The van der Waals surface area contributed by atoms with Gasteiger partial charge in [-0.3, -0.25) is 9.59 Å². The summed E-state index contributed by atoms with van der Waals surface area (Å²) in [5.74, 6) is -0.353. The molecule has 0 aliphatic carbocycles. The maximum absolute atomic E-state index is 12.1. The van der Waals surface area contributed by atoms with Crippen LogP contribution in [0.4, 0.5) is 5.69 Å². The van der Waals surface area contributed by atoms with E-state index in [1.165, 1.54) is 11.1 Å². The lowest BCUT2D eigenvalue weighted by Crippen LogP contribution is -2.40. The molecule has 102 valence electrons. The fourth-order valence-electron chi connectivity index (χ4n) is 2.12. The molecular weight excluding hydrogens is 244 g/mol. The van der Waals surface area contributed by atoms with Gasteiger partial charge in [0, 0.05) is 26.3 Å².